The molecule has 6 nitrogen and oxygen atoms in total. The number of hydrogen-bond donors (Lipinski definition) is 2. The van der Waals surface area contributed by atoms with Crippen molar-refractivity contribution < 1.29 is 8.42 Å². The first-order valence-corrected chi connectivity index (χ1v) is 11.6. The van der Waals surface area contributed by atoms with Gasteiger partial charge in [0.25, 0.3) is 0 Å². The molecule has 3 rings (SSSR count). The summed E-state index contributed by atoms with van der Waals surface area (Å²) in [6.07, 6.45) is 3.31. The highest BCUT2D eigenvalue weighted by Crippen LogP contribution is 2.26. The van der Waals surface area contributed by atoms with E-state index in [-0.39, 0.29) is 5.75 Å². The van der Waals surface area contributed by atoms with Crippen LogP contribution in [0.3, 0.4) is 0 Å². The molecule has 0 aliphatic heterocycles. The predicted octanol–water partition coefficient (Wildman–Crippen LogP) is 3.76. The summed E-state index contributed by atoms with van der Waals surface area (Å²) in [6.45, 7) is 5.66. The second-order valence-corrected chi connectivity index (χ2v) is 9.64. The largest absolute Gasteiger partial charge is 0.358 e. The number of sulfonamides is 1. The summed E-state index contributed by atoms with van der Waals surface area (Å²) in [4.78, 5) is 10.00. The van der Waals surface area contributed by atoms with Crippen molar-refractivity contribution in [3.63, 3.8) is 0 Å². The summed E-state index contributed by atoms with van der Waals surface area (Å²) < 4.78 is 26.8. The monoisotopic (exact) mass is 406 g/mol. The average molecular weight is 407 g/mol. The first-order valence-electron chi connectivity index (χ1n) is 9.06. The Hall–Kier alpha value is -1.90. The lowest BCUT2D eigenvalue weighted by molar-refractivity contribution is 0.331. The van der Waals surface area contributed by atoms with Gasteiger partial charge in [-0.2, -0.15) is 0 Å². The summed E-state index contributed by atoms with van der Waals surface area (Å²) in [7, 11) is -1.20. The maximum Gasteiger partial charge on any atom is 0.232 e. The third-order valence-corrected chi connectivity index (χ3v) is 6.75. The fourth-order valence-electron chi connectivity index (χ4n) is 3.21. The highest BCUT2D eigenvalue weighted by molar-refractivity contribution is 7.92. The van der Waals surface area contributed by atoms with Crippen LogP contribution >= 0.6 is 11.3 Å². The third kappa shape index (κ3) is 5.09. The molecule has 2 N–H and O–H groups in total. The van der Waals surface area contributed by atoms with Crippen LogP contribution in [-0.2, 0) is 23.0 Å². The van der Waals surface area contributed by atoms with Gasteiger partial charge in [-0.05, 0) is 50.6 Å². The SMILES string of the molecule is CCCS(=O)(=O)Nc1ccc2[nH]c(C)c(CCN(C)Cc3nccs3)c2c1. The number of anilines is 1. The van der Waals surface area contributed by atoms with E-state index in [0.29, 0.717) is 12.1 Å². The van der Waals surface area contributed by atoms with E-state index in [0.717, 1.165) is 41.1 Å². The number of nitrogens with one attached hydrogen (secondary N) is 2. The first kappa shape index (κ1) is 19.9. The van der Waals surface area contributed by atoms with E-state index >= 15 is 0 Å². The molecule has 2 aromatic heterocycles. The normalized spacial score (nSPS) is 12.1. The molecule has 0 radical (unpaired) electrons. The van der Waals surface area contributed by atoms with Gasteiger partial charge < -0.3 is 4.98 Å². The van der Waals surface area contributed by atoms with Gasteiger partial charge in [0.05, 0.1) is 12.3 Å². The van der Waals surface area contributed by atoms with E-state index in [2.05, 4.69) is 33.6 Å². The van der Waals surface area contributed by atoms with Crippen molar-refractivity contribution in [1.29, 1.82) is 0 Å². The lowest BCUT2D eigenvalue weighted by Gasteiger charge is -2.15. The molecule has 146 valence electrons. The third-order valence-electron chi connectivity index (χ3n) is 4.50. The first-order chi connectivity index (χ1) is 12.9. The van der Waals surface area contributed by atoms with Crippen LogP contribution in [0.1, 0.15) is 29.6 Å². The second kappa shape index (κ2) is 8.41. The molecule has 0 spiro atoms. The number of aryl methyl sites for hydroxylation is 1. The van der Waals surface area contributed by atoms with Gasteiger partial charge in [-0.3, -0.25) is 9.62 Å². The number of hydrogen-bond acceptors (Lipinski definition) is 5. The van der Waals surface area contributed by atoms with Gasteiger partial charge in [-0.15, -0.1) is 11.3 Å². The quantitative estimate of drug-likeness (QED) is 0.567. The van der Waals surface area contributed by atoms with Gasteiger partial charge in [0.1, 0.15) is 5.01 Å². The Balaban J connectivity index is 1.76. The number of aromatic amines is 1. The average Bonchev–Trinajstić information content (AvgIpc) is 3.19. The molecule has 8 heteroatoms. The molecule has 27 heavy (non-hydrogen) atoms. The lowest BCUT2D eigenvalue weighted by atomic mass is 10.1. The summed E-state index contributed by atoms with van der Waals surface area (Å²) in [5, 5.41) is 4.18. The Kier molecular flexibility index (Phi) is 6.18. The maximum absolute atomic E-state index is 12.1. The van der Waals surface area contributed by atoms with Crippen LogP contribution < -0.4 is 4.72 Å². The Morgan fingerprint density at radius 2 is 2.15 bits per heavy atom. The van der Waals surface area contributed by atoms with E-state index < -0.39 is 10.0 Å². The molecule has 2 heterocycles. The molecule has 0 fully saturated rings. The molecule has 3 aromatic rings. The number of rotatable bonds is 9. The van der Waals surface area contributed by atoms with Gasteiger partial charge in [0.15, 0.2) is 0 Å². The molecule has 0 aliphatic carbocycles. The molecule has 1 aromatic carbocycles. The highest BCUT2D eigenvalue weighted by Gasteiger charge is 2.13. The number of thiazole rings is 1. The Morgan fingerprint density at radius 1 is 1.33 bits per heavy atom. The smallest absolute Gasteiger partial charge is 0.232 e. The predicted molar refractivity (Wildman–Crippen MR) is 113 cm³/mol. The van der Waals surface area contributed by atoms with Gasteiger partial charge >= 0.3 is 0 Å². The van der Waals surface area contributed by atoms with Crippen molar-refractivity contribution in [2.75, 3.05) is 24.1 Å². The number of benzene rings is 1. The van der Waals surface area contributed by atoms with E-state index in [1.165, 1.54) is 5.56 Å². The Labute approximate surface area is 164 Å². The number of likely N-dealkylation sites (N-methyl/N-ethyl adjacent to an activating group) is 1. The summed E-state index contributed by atoms with van der Waals surface area (Å²) >= 11 is 1.67. The second-order valence-electron chi connectivity index (χ2n) is 6.82. The zero-order chi connectivity index (χ0) is 19.4. The van der Waals surface area contributed by atoms with Crippen molar-refractivity contribution in [3.05, 3.63) is 46.0 Å². The van der Waals surface area contributed by atoms with Crippen LogP contribution in [0.15, 0.2) is 29.8 Å². The fourth-order valence-corrected chi connectivity index (χ4v) is 5.03. The standard InChI is InChI=1S/C19H26N4O2S2/c1-4-11-27(24,25)22-15-5-6-18-17(12-15)16(14(2)21-18)7-9-23(3)13-19-20-8-10-26-19/h5-6,8,10,12,21-22H,4,7,9,11,13H2,1-3H3. The van der Waals surface area contributed by atoms with Gasteiger partial charge in [0, 0.05) is 40.4 Å². The summed E-state index contributed by atoms with van der Waals surface area (Å²) in [5.74, 6) is 0.131. The zero-order valence-corrected chi connectivity index (χ0v) is 17.6. The topological polar surface area (TPSA) is 78.1 Å². The molecule has 0 saturated heterocycles. The summed E-state index contributed by atoms with van der Waals surface area (Å²) in [6, 6.07) is 5.68. The molecule has 0 atom stereocenters. The van der Waals surface area contributed by atoms with Gasteiger partial charge in [-0.1, -0.05) is 6.92 Å². The van der Waals surface area contributed by atoms with Crippen molar-refractivity contribution in [1.82, 2.24) is 14.9 Å². The molecule has 0 amide bonds. The molecule has 0 aliphatic rings. The minimum Gasteiger partial charge on any atom is -0.358 e. The zero-order valence-electron chi connectivity index (χ0n) is 15.9. The number of fused-ring (bicyclic) bond motifs is 1. The van der Waals surface area contributed by atoms with Crippen LogP contribution in [-0.4, -0.2) is 42.6 Å². The highest BCUT2D eigenvalue weighted by atomic mass is 32.2. The van der Waals surface area contributed by atoms with Crippen molar-refractivity contribution in [3.8, 4) is 0 Å². The Bertz CT molecular complexity index is 994. The summed E-state index contributed by atoms with van der Waals surface area (Å²) in [5.41, 5.74) is 4.00. The lowest BCUT2D eigenvalue weighted by Crippen LogP contribution is -2.20. The van der Waals surface area contributed by atoms with E-state index in [1.54, 1.807) is 11.3 Å². The number of nitrogens with zero attached hydrogens (tertiary/aromatic N) is 2. The van der Waals surface area contributed by atoms with E-state index in [1.807, 2.05) is 36.7 Å². The van der Waals surface area contributed by atoms with Crippen LogP contribution in [0.25, 0.3) is 10.9 Å². The molecule has 0 saturated carbocycles. The van der Waals surface area contributed by atoms with Crippen molar-refractivity contribution >= 4 is 38.0 Å². The van der Waals surface area contributed by atoms with Crippen molar-refractivity contribution in [2.24, 2.45) is 0 Å². The van der Waals surface area contributed by atoms with Gasteiger partial charge in [-0.25, -0.2) is 13.4 Å². The minimum atomic E-state index is -3.29. The maximum atomic E-state index is 12.1. The number of H-pyrrole nitrogens is 1. The molecule has 0 unspecified atom stereocenters. The molecule has 0 bridgehead atoms. The minimum absolute atomic E-state index is 0.131. The van der Waals surface area contributed by atoms with Crippen LogP contribution in [0.2, 0.25) is 0 Å². The van der Waals surface area contributed by atoms with E-state index in [4.69, 9.17) is 0 Å². The fraction of sp³-hybridized carbons (Fsp3) is 0.421. The molecular weight excluding hydrogens is 380 g/mol. The van der Waals surface area contributed by atoms with Crippen molar-refractivity contribution in [2.45, 2.75) is 33.2 Å². The van der Waals surface area contributed by atoms with Gasteiger partial charge in [0.2, 0.25) is 10.0 Å². The Morgan fingerprint density at radius 3 is 2.85 bits per heavy atom. The van der Waals surface area contributed by atoms with Crippen LogP contribution in [0.4, 0.5) is 5.69 Å². The number of aromatic nitrogens is 2. The van der Waals surface area contributed by atoms with E-state index in [9.17, 15) is 8.42 Å². The van der Waals surface area contributed by atoms with Crippen LogP contribution in [0.5, 0.6) is 0 Å². The van der Waals surface area contributed by atoms with Crippen LogP contribution in [0, 0.1) is 6.92 Å². The molecular formula is C19H26N4O2S2.